The lowest BCUT2D eigenvalue weighted by atomic mass is 9.78. The van der Waals surface area contributed by atoms with Crippen molar-refractivity contribution in [2.45, 2.75) is 77.5 Å². The highest BCUT2D eigenvalue weighted by atomic mass is 35.5. The number of halogens is 1. The Balaban J connectivity index is 0.00000190. The second-order valence-electron chi connectivity index (χ2n) is 10.7. The number of rotatable bonds is 6. The molecule has 36 heavy (non-hydrogen) atoms. The molecule has 0 bridgehead atoms. The normalized spacial score (nSPS) is 11.1. The largest absolute Gasteiger partial charge is 0.507 e. The Labute approximate surface area is 228 Å². The van der Waals surface area contributed by atoms with E-state index < -0.39 is 0 Å². The van der Waals surface area contributed by atoms with E-state index in [0.29, 0.717) is 11.6 Å². The second-order valence-corrected chi connectivity index (χ2v) is 11.9. The van der Waals surface area contributed by atoms with E-state index in [-0.39, 0.29) is 28.7 Å². The van der Waals surface area contributed by atoms with E-state index in [2.05, 4.69) is 85.0 Å². The number of phenolic OH excluding ortho intramolecular Hbond substituents is 1. The first-order valence-electron chi connectivity index (χ1n) is 12.0. The van der Waals surface area contributed by atoms with Gasteiger partial charge in [0, 0.05) is 33.8 Å². The number of oxazole rings is 1. The highest BCUT2D eigenvalue weighted by Gasteiger charge is 2.27. The molecule has 3 rings (SSSR count). The summed E-state index contributed by atoms with van der Waals surface area (Å²) < 4.78 is 5.84. The first kappa shape index (κ1) is 34.0. The van der Waals surface area contributed by atoms with Crippen molar-refractivity contribution in [2.24, 2.45) is 0 Å². The lowest BCUT2D eigenvalue weighted by Crippen LogP contribution is -2.17. The van der Waals surface area contributed by atoms with E-state index in [1.807, 2.05) is 30.9 Å². The summed E-state index contributed by atoms with van der Waals surface area (Å²) in [5, 5.41) is 13.9. The number of benzene rings is 2. The van der Waals surface area contributed by atoms with Crippen LogP contribution in [0.5, 0.6) is 5.75 Å². The first-order chi connectivity index (χ1) is 15.9. The number of aryl methyl sites for hydroxylation is 2. The fourth-order valence-corrected chi connectivity index (χ4v) is 4.24. The molecular formula is C29H45ClN2O3S. The molecule has 0 aliphatic rings. The quantitative estimate of drug-likeness (QED) is 0.328. The van der Waals surface area contributed by atoms with Gasteiger partial charge in [0.05, 0.1) is 5.69 Å². The van der Waals surface area contributed by atoms with Crippen LogP contribution >= 0.6 is 24.2 Å². The van der Waals surface area contributed by atoms with Gasteiger partial charge in [0.15, 0.2) is 0 Å². The Bertz CT molecular complexity index is 1010. The van der Waals surface area contributed by atoms with Gasteiger partial charge in [-0.15, -0.1) is 24.2 Å². The van der Waals surface area contributed by atoms with Crippen LogP contribution < -0.4 is 5.32 Å². The number of aromatic hydroxyl groups is 1. The van der Waals surface area contributed by atoms with E-state index in [0.717, 1.165) is 41.1 Å². The Kier molecular flexibility index (Phi) is 13.9. The maximum atomic E-state index is 10.9. The topological polar surface area (TPSA) is 89.8 Å². The summed E-state index contributed by atoms with van der Waals surface area (Å²) in [6.07, 6.45) is 2.60. The lowest BCUT2D eigenvalue weighted by molar-refractivity contribution is 0.423. The monoisotopic (exact) mass is 536 g/mol. The van der Waals surface area contributed by atoms with Crippen LogP contribution in [0.15, 0.2) is 52.0 Å². The fraction of sp³-hybridized carbons (Fsp3) is 0.483. The molecule has 1 heterocycles. The van der Waals surface area contributed by atoms with Gasteiger partial charge in [-0.2, -0.15) is 0 Å². The molecule has 1 aromatic heterocycles. The van der Waals surface area contributed by atoms with Gasteiger partial charge in [0.2, 0.25) is 5.89 Å². The van der Waals surface area contributed by atoms with E-state index in [1.54, 1.807) is 6.26 Å². The predicted octanol–water partition coefficient (Wildman–Crippen LogP) is 7.11. The minimum absolute atomic E-state index is 0. The van der Waals surface area contributed by atoms with Gasteiger partial charge in [-0.3, -0.25) is 0 Å². The molecule has 0 saturated carbocycles. The number of hydrogen-bond donors (Lipinski definition) is 2. The van der Waals surface area contributed by atoms with Crippen molar-refractivity contribution in [1.82, 2.24) is 10.3 Å². The van der Waals surface area contributed by atoms with E-state index in [4.69, 9.17) is 9.40 Å². The summed E-state index contributed by atoms with van der Waals surface area (Å²) in [4.78, 5) is 6.01. The molecule has 4 N–H and O–H groups in total. The Morgan fingerprint density at radius 3 is 1.92 bits per heavy atom. The summed E-state index contributed by atoms with van der Waals surface area (Å²) in [5.41, 5.74) is 4.62. The Morgan fingerprint density at radius 1 is 0.972 bits per heavy atom. The van der Waals surface area contributed by atoms with E-state index >= 15 is 0 Å². The van der Waals surface area contributed by atoms with Crippen molar-refractivity contribution in [3.8, 4) is 17.2 Å². The minimum Gasteiger partial charge on any atom is -0.507 e. The average Bonchev–Trinajstić information content (AvgIpc) is 3.23. The number of phenols is 1. The molecule has 7 heteroatoms. The van der Waals surface area contributed by atoms with Gasteiger partial charge in [-0.25, -0.2) is 4.98 Å². The molecule has 3 aromatic rings. The van der Waals surface area contributed by atoms with Gasteiger partial charge in [-0.1, -0.05) is 66.2 Å². The standard InChI is InChI=1S/C26H33NO2S.C3H9N.ClH.H2O/c1-17-8-10-20(11-9-17)30-13-12-19-16-29-24(27-19)18-14-21(25(2,3)4)23(28)22(15-18)26(5,6)7;1-3-4-2;;/h8-11,14-16,28H,12-13H2,1-7H3;4H,3H2,1-2H3;1H;1H2. The van der Waals surface area contributed by atoms with Crippen LogP contribution in [0.2, 0.25) is 0 Å². The lowest BCUT2D eigenvalue weighted by Gasteiger charge is -2.27. The molecule has 0 spiro atoms. The maximum Gasteiger partial charge on any atom is 0.226 e. The summed E-state index contributed by atoms with van der Waals surface area (Å²) in [5.74, 6) is 1.94. The molecule has 0 atom stereocenters. The molecular weight excluding hydrogens is 492 g/mol. The summed E-state index contributed by atoms with van der Waals surface area (Å²) in [6.45, 7) is 17.9. The SMILES string of the molecule is CCNC.Cc1ccc(SCCc2coc(-c3cc(C(C)(C)C)c(O)c(C(C)(C)C)c3)n2)cc1.Cl.O. The molecule has 0 saturated heterocycles. The van der Waals surface area contributed by atoms with E-state index in [1.165, 1.54) is 10.5 Å². The molecule has 0 radical (unpaired) electrons. The van der Waals surface area contributed by atoms with Crippen LogP contribution in [-0.4, -0.2) is 34.9 Å². The summed E-state index contributed by atoms with van der Waals surface area (Å²) >= 11 is 1.83. The van der Waals surface area contributed by atoms with Crippen molar-refractivity contribution in [3.05, 3.63) is 65.0 Å². The third-order valence-corrected chi connectivity index (χ3v) is 6.54. The average molecular weight is 537 g/mol. The van der Waals surface area contributed by atoms with Crippen LogP contribution in [0.25, 0.3) is 11.5 Å². The molecule has 0 amide bonds. The van der Waals surface area contributed by atoms with Crippen molar-refractivity contribution in [3.63, 3.8) is 0 Å². The highest BCUT2D eigenvalue weighted by molar-refractivity contribution is 7.99. The molecule has 0 aliphatic carbocycles. The van der Waals surface area contributed by atoms with Crippen molar-refractivity contribution in [1.29, 1.82) is 0 Å². The van der Waals surface area contributed by atoms with Crippen LogP contribution in [0, 0.1) is 6.92 Å². The Hall–Kier alpha value is -1.99. The van der Waals surface area contributed by atoms with Crippen molar-refractivity contribution >= 4 is 24.2 Å². The zero-order valence-electron chi connectivity index (χ0n) is 23.3. The third kappa shape index (κ3) is 9.81. The van der Waals surface area contributed by atoms with Crippen molar-refractivity contribution in [2.75, 3.05) is 19.3 Å². The van der Waals surface area contributed by atoms with Gasteiger partial charge in [0.25, 0.3) is 0 Å². The maximum absolute atomic E-state index is 10.9. The molecule has 0 unspecified atom stereocenters. The molecule has 2 aromatic carbocycles. The van der Waals surface area contributed by atoms with Gasteiger partial charge in [-0.05, 0) is 55.6 Å². The Morgan fingerprint density at radius 2 is 1.47 bits per heavy atom. The van der Waals surface area contributed by atoms with Crippen LogP contribution in [-0.2, 0) is 17.3 Å². The molecule has 0 fully saturated rings. The molecule has 202 valence electrons. The number of nitrogens with zero attached hydrogens (tertiary/aromatic N) is 1. The van der Waals surface area contributed by atoms with Crippen LogP contribution in [0.4, 0.5) is 0 Å². The van der Waals surface area contributed by atoms with Gasteiger partial charge >= 0.3 is 0 Å². The minimum atomic E-state index is -0.180. The van der Waals surface area contributed by atoms with Gasteiger partial charge < -0.3 is 20.3 Å². The number of thioether (sulfide) groups is 1. The molecule has 0 aliphatic heterocycles. The van der Waals surface area contributed by atoms with Crippen LogP contribution in [0.1, 0.15) is 70.9 Å². The zero-order valence-corrected chi connectivity index (χ0v) is 24.9. The second kappa shape index (κ2) is 14.7. The fourth-order valence-electron chi connectivity index (χ4n) is 3.36. The third-order valence-electron chi connectivity index (χ3n) is 5.53. The van der Waals surface area contributed by atoms with Crippen LogP contribution in [0.3, 0.4) is 0 Å². The summed E-state index contributed by atoms with van der Waals surface area (Å²) in [7, 11) is 1.93. The first-order valence-corrected chi connectivity index (χ1v) is 13.0. The number of aromatic nitrogens is 1. The van der Waals surface area contributed by atoms with Gasteiger partial charge in [0.1, 0.15) is 12.0 Å². The van der Waals surface area contributed by atoms with E-state index in [9.17, 15) is 5.11 Å². The smallest absolute Gasteiger partial charge is 0.226 e. The highest BCUT2D eigenvalue weighted by Crippen LogP contribution is 2.41. The number of nitrogens with one attached hydrogen (secondary N) is 1. The van der Waals surface area contributed by atoms with Crippen molar-refractivity contribution < 1.29 is 15.0 Å². The predicted molar refractivity (Wildman–Crippen MR) is 157 cm³/mol. The number of hydrogen-bond acceptors (Lipinski definition) is 5. The zero-order chi connectivity index (χ0) is 25.5. The molecule has 5 nitrogen and oxygen atoms in total. The summed E-state index contributed by atoms with van der Waals surface area (Å²) in [6, 6.07) is 12.6.